The Labute approximate surface area is 566 Å². The van der Waals surface area contributed by atoms with Crippen LogP contribution < -0.4 is 5.32 Å². The molecule has 0 fully saturated rings. The number of ether oxygens (including phenoxy) is 1. The van der Waals surface area contributed by atoms with E-state index in [1.54, 1.807) is 0 Å². The summed E-state index contributed by atoms with van der Waals surface area (Å²) in [6.07, 6.45) is 101. The molecule has 538 valence electrons. The maximum atomic E-state index is 12.6. The number of unbranched alkanes of at least 4 members (excludes halogenated alkanes) is 70. The van der Waals surface area contributed by atoms with E-state index in [1.165, 1.54) is 430 Å². The maximum absolute atomic E-state index is 12.6. The molecule has 0 aliphatic rings. The van der Waals surface area contributed by atoms with Gasteiger partial charge >= 0.3 is 5.97 Å². The molecule has 0 bridgehead atoms. The lowest BCUT2D eigenvalue weighted by molar-refractivity contribution is -0.143. The van der Waals surface area contributed by atoms with Crippen LogP contribution in [0.25, 0.3) is 0 Å². The Morgan fingerprint density at radius 1 is 0.267 bits per heavy atom. The lowest BCUT2D eigenvalue weighted by Gasteiger charge is -2.22. The highest BCUT2D eigenvalue weighted by atomic mass is 16.5. The fraction of sp³-hybridized carbons (Fsp3) is 0.976. The summed E-state index contributed by atoms with van der Waals surface area (Å²) in [6, 6.07) is -0.538. The van der Waals surface area contributed by atoms with Gasteiger partial charge in [-0.3, -0.25) is 9.59 Å². The van der Waals surface area contributed by atoms with Gasteiger partial charge in [-0.2, -0.15) is 0 Å². The maximum Gasteiger partial charge on any atom is 0.305 e. The van der Waals surface area contributed by atoms with Crippen LogP contribution in [0.2, 0.25) is 0 Å². The van der Waals surface area contributed by atoms with Gasteiger partial charge in [0.1, 0.15) is 0 Å². The van der Waals surface area contributed by atoms with Crippen LogP contribution >= 0.6 is 0 Å². The van der Waals surface area contributed by atoms with Crippen LogP contribution in [0.3, 0.4) is 0 Å². The average molecular weight is 1270 g/mol. The van der Waals surface area contributed by atoms with Crippen LogP contribution in [0.5, 0.6) is 0 Å². The van der Waals surface area contributed by atoms with Crippen LogP contribution in [0.1, 0.15) is 502 Å². The summed E-state index contributed by atoms with van der Waals surface area (Å²) in [5.74, 6) is 0.00376. The van der Waals surface area contributed by atoms with E-state index in [-0.39, 0.29) is 18.5 Å². The topological polar surface area (TPSA) is 95.9 Å². The lowest BCUT2D eigenvalue weighted by atomic mass is 10.0. The molecule has 0 rings (SSSR count). The zero-order valence-corrected chi connectivity index (χ0v) is 61.9. The Bertz CT molecular complexity index is 1320. The van der Waals surface area contributed by atoms with Gasteiger partial charge in [0.2, 0.25) is 5.91 Å². The Kier molecular flexibility index (Phi) is 79.3. The number of aliphatic hydroxyl groups excluding tert-OH is 2. The van der Waals surface area contributed by atoms with Crippen LogP contribution in [-0.2, 0) is 14.3 Å². The number of hydrogen-bond acceptors (Lipinski definition) is 5. The number of nitrogens with one attached hydrogen (secondary N) is 1. The van der Waals surface area contributed by atoms with Crippen molar-refractivity contribution >= 4 is 11.9 Å². The summed E-state index contributed by atoms with van der Waals surface area (Å²) < 4.78 is 5.52. The van der Waals surface area contributed by atoms with Crippen molar-refractivity contribution < 1.29 is 24.5 Å². The molecule has 0 aromatic rings. The fourth-order valence-electron chi connectivity index (χ4n) is 14.0. The lowest BCUT2D eigenvalue weighted by Crippen LogP contribution is -2.45. The van der Waals surface area contributed by atoms with Gasteiger partial charge in [0.15, 0.2) is 0 Å². The summed E-state index contributed by atoms with van der Waals surface area (Å²) in [5, 5.41) is 23.5. The summed E-state index contributed by atoms with van der Waals surface area (Å²) in [6.45, 7) is 5.03. The molecule has 0 heterocycles. The predicted octanol–water partition coefficient (Wildman–Crippen LogP) is 28.1. The van der Waals surface area contributed by atoms with Crippen molar-refractivity contribution in [2.75, 3.05) is 13.2 Å². The highest BCUT2D eigenvalue weighted by Crippen LogP contribution is 2.21. The average Bonchev–Trinajstić information content (AvgIpc) is 3.69. The van der Waals surface area contributed by atoms with Crippen molar-refractivity contribution in [3.05, 3.63) is 0 Å². The van der Waals surface area contributed by atoms with E-state index in [9.17, 15) is 19.8 Å². The van der Waals surface area contributed by atoms with Crippen molar-refractivity contribution in [2.24, 2.45) is 0 Å². The van der Waals surface area contributed by atoms with Gasteiger partial charge in [0.25, 0.3) is 0 Å². The van der Waals surface area contributed by atoms with Crippen LogP contribution in [0.4, 0.5) is 0 Å². The van der Waals surface area contributed by atoms with Crippen molar-refractivity contribution in [3.63, 3.8) is 0 Å². The zero-order valence-electron chi connectivity index (χ0n) is 61.9. The molecule has 1 amide bonds. The number of amides is 1. The number of esters is 1. The van der Waals surface area contributed by atoms with Crippen LogP contribution in [0, 0.1) is 0 Å². The number of rotatable bonds is 81. The van der Waals surface area contributed by atoms with E-state index in [0.717, 1.165) is 38.5 Å². The van der Waals surface area contributed by atoms with E-state index < -0.39 is 12.1 Å². The number of carbonyl (C=O) groups is 2. The van der Waals surface area contributed by atoms with Crippen molar-refractivity contribution in [1.82, 2.24) is 5.32 Å². The second-order valence-corrected chi connectivity index (χ2v) is 29.5. The second-order valence-electron chi connectivity index (χ2n) is 29.5. The van der Waals surface area contributed by atoms with Gasteiger partial charge in [-0.05, 0) is 25.7 Å². The van der Waals surface area contributed by atoms with Crippen molar-refractivity contribution in [3.8, 4) is 0 Å². The SMILES string of the molecule is CCCCCCCCCCCCCCCCCCCCCCCCCC(O)C(CO)NC(=O)CCCCCCCCCCCCCCCCCCCCCCCCCCCCCCCCCCOC(=O)CCCCCCCCCCCCCCCCCCCC. The minimum Gasteiger partial charge on any atom is -0.466 e. The first-order valence-corrected chi connectivity index (χ1v) is 42.3. The predicted molar refractivity (Wildman–Crippen MR) is 398 cm³/mol. The van der Waals surface area contributed by atoms with Gasteiger partial charge in [0, 0.05) is 12.8 Å². The molecule has 0 aromatic carbocycles. The molecule has 6 nitrogen and oxygen atoms in total. The van der Waals surface area contributed by atoms with Crippen LogP contribution in [0.15, 0.2) is 0 Å². The third-order valence-corrected chi connectivity index (χ3v) is 20.4. The van der Waals surface area contributed by atoms with Gasteiger partial charge in [-0.25, -0.2) is 0 Å². The quantitative estimate of drug-likeness (QED) is 0.0417. The Morgan fingerprint density at radius 2 is 0.456 bits per heavy atom. The van der Waals surface area contributed by atoms with E-state index in [0.29, 0.717) is 25.9 Å². The first-order chi connectivity index (χ1) is 44.5. The minimum absolute atomic E-state index is 0.0237. The first-order valence-electron chi connectivity index (χ1n) is 42.3. The monoisotopic (exact) mass is 1270 g/mol. The molecule has 2 unspecified atom stereocenters. The highest BCUT2D eigenvalue weighted by Gasteiger charge is 2.20. The van der Waals surface area contributed by atoms with E-state index in [2.05, 4.69) is 19.2 Å². The third kappa shape index (κ3) is 75.9. The first kappa shape index (κ1) is 88.9. The van der Waals surface area contributed by atoms with Gasteiger partial charge < -0.3 is 20.3 Å². The Hall–Kier alpha value is -1.14. The molecule has 2 atom stereocenters. The molecule has 0 radical (unpaired) electrons. The molecule has 6 heteroatoms. The smallest absolute Gasteiger partial charge is 0.305 e. The Morgan fingerprint density at radius 3 is 0.678 bits per heavy atom. The van der Waals surface area contributed by atoms with Gasteiger partial charge in [-0.1, -0.05) is 463 Å². The molecular weight excluding hydrogens is 1100 g/mol. The molecule has 0 saturated heterocycles. The molecule has 3 N–H and O–H groups in total. The molecular formula is C84H167NO5. The number of aliphatic hydroxyl groups is 2. The van der Waals surface area contributed by atoms with Crippen LogP contribution in [-0.4, -0.2) is 47.4 Å². The molecule has 0 saturated carbocycles. The largest absolute Gasteiger partial charge is 0.466 e. The standard InChI is InChI=1S/C84H167NO5/c1-3-5-7-9-11-13-15-17-19-21-23-24-35-38-41-44-48-52-56-60-64-68-72-76-82(87)81(80-86)85-83(88)77-73-69-65-61-57-53-49-45-42-39-36-33-31-29-27-25-26-28-30-32-34-37-40-43-47-51-55-59-63-67-71-75-79-90-84(89)78-74-70-66-62-58-54-50-46-22-20-18-16-14-12-10-8-6-4-2/h81-82,86-87H,3-80H2,1-2H3,(H,85,88). The fourth-order valence-corrected chi connectivity index (χ4v) is 14.0. The van der Waals surface area contributed by atoms with E-state index >= 15 is 0 Å². The normalized spacial score (nSPS) is 12.4. The molecule has 0 aliphatic heterocycles. The minimum atomic E-state index is -0.662. The number of hydrogen-bond donors (Lipinski definition) is 3. The van der Waals surface area contributed by atoms with Gasteiger partial charge in [-0.15, -0.1) is 0 Å². The van der Waals surface area contributed by atoms with Crippen molar-refractivity contribution in [2.45, 2.75) is 514 Å². The zero-order chi connectivity index (χ0) is 64.9. The molecule has 0 aromatic heterocycles. The molecule has 0 aliphatic carbocycles. The summed E-state index contributed by atoms with van der Waals surface area (Å²) in [5.41, 5.74) is 0. The summed E-state index contributed by atoms with van der Waals surface area (Å²) in [4.78, 5) is 24.7. The third-order valence-electron chi connectivity index (χ3n) is 20.4. The van der Waals surface area contributed by atoms with E-state index in [4.69, 9.17) is 4.74 Å². The highest BCUT2D eigenvalue weighted by molar-refractivity contribution is 5.76. The summed E-state index contributed by atoms with van der Waals surface area (Å²) in [7, 11) is 0. The van der Waals surface area contributed by atoms with Crippen molar-refractivity contribution in [1.29, 1.82) is 0 Å². The summed E-state index contributed by atoms with van der Waals surface area (Å²) >= 11 is 0. The molecule has 90 heavy (non-hydrogen) atoms. The second kappa shape index (κ2) is 80.3. The molecule has 0 spiro atoms. The van der Waals surface area contributed by atoms with E-state index in [1.807, 2.05) is 0 Å². The number of carbonyl (C=O) groups excluding carboxylic acids is 2. The Balaban J connectivity index is 3.31. The van der Waals surface area contributed by atoms with Gasteiger partial charge in [0.05, 0.1) is 25.4 Å².